The number of hydrogen-bond donors (Lipinski definition) is 0. The Hall–Kier alpha value is -1.98. The predicted molar refractivity (Wildman–Crippen MR) is 88.5 cm³/mol. The first-order valence-corrected chi connectivity index (χ1v) is 7.35. The number of ether oxygens (including phenoxy) is 3. The van der Waals surface area contributed by atoms with Crippen molar-refractivity contribution in [3.8, 4) is 17.4 Å². The van der Waals surface area contributed by atoms with Gasteiger partial charge in [-0.05, 0) is 24.6 Å². The van der Waals surface area contributed by atoms with Crippen molar-refractivity contribution in [2.24, 2.45) is 0 Å². The van der Waals surface area contributed by atoms with Gasteiger partial charge in [0.05, 0.1) is 37.6 Å². The molecule has 5 nitrogen and oxygen atoms in total. The third-order valence-corrected chi connectivity index (χ3v) is 4.11. The number of benzene rings is 1. The van der Waals surface area contributed by atoms with Gasteiger partial charge in [-0.1, -0.05) is 23.2 Å². The number of carbonyl (C=O) groups excluding carboxylic acids is 1. The summed E-state index contributed by atoms with van der Waals surface area (Å²) in [5, 5.41) is 0.270. The highest BCUT2D eigenvalue weighted by Crippen LogP contribution is 2.36. The van der Waals surface area contributed by atoms with Gasteiger partial charge in [-0.15, -0.1) is 0 Å². The Kier molecular flexibility index (Phi) is 5.34. The van der Waals surface area contributed by atoms with E-state index in [4.69, 9.17) is 37.4 Å². The van der Waals surface area contributed by atoms with Gasteiger partial charge < -0.3 is 14.2 Å². The summed E-state index contributed by atoms with van der Waals surface area (Å²) < 4.78 is 15.6. The molecule has 0 saturated carbocycles. The first-order chi connectivity index (χ1) is 10.9. The van der Waals surface area contributed by atoms with Crippen LogP contribution in [0, 0.1) is 6.92 Å². The predicted octanol–water partition coefficient (Wildman–Crippen LogP) is 3.95. The lowest BCUT2D eigenvalue weighted by Crippen LogP contribution is -2.09. The molecule has 0 aliphatic heterocycles. The second-order valence-electron chi connectivity index (χ2n) is 4.66. The van der Waals surface area contributed by atoms with Crippen molar-refractivity contribution < 1.29 is 19.0 Å². The van der Waals surface area contributed by atoms with Gasteiger partial charge in [0.25, 0.3) is 0 Å². The molecule has 7 heteroatoms. The molecule has 2 aromatic rings. The van der Waals surface area contributed by atoms with Gasteiger partial charge in [-0.2, -0.15) is 0 Å². The molecule has 1 heterocycles. The van der Waals surface area contributed by atoms with Crippen LogP contribution in [0.3, 0.4) is 0 Å². The van der Waals surface area contributed by atoms with Gasteiger partial charge in [0.15, 0.2) is 17.3 Å². The Morgan fingerprint density at radius 3 is 2.22 bits per heavy atom. The molecule has 0 atom stereocenters. The van der Waals surface area contributed by atoms with E-state index >= 15 is 0 Å². The molecule has 1 aromatic heterocycles. The molecular formula is C16H15Cl2NO4. The minimum absolute atomic E-state index is 0.0951. The van der Waals surface area contributed by atoms with E-state index in [1.807, 2.05) is 0 Å². The average Bonchev–Trinajstić information content (AvgIpc) is 2.56. The van der Waals surface area contributed by atoms with Gasteiger partial charge >= 0.3 is 0 Å². The summed E-state index contributed by atoms with van der Waals surface area (Å²) >= 11 is 12.2. The van der Waals surface area contributed by atoms with Gasteiger partial charge in [0.2, 0.25) is 5.88 Å². The van der Waals surface area contributed by atoms with Crippen LogP contribution in [0.15, 0.2) is 18.3 Å². The molecule has 0 radical (unpaired) electrons. The Balaban J connectivity index is 2.64. The molecule has 0 spiro atoms. The summed E-state index contributed by atoms with van der Waals surface area (Å²) in [6, 6.07) is 3.30. The number of aromatic nitrogens is 1. The van der Waals surface area contributed by atoms with Crippen LogP contribution in [0.1, 0.15) is 21.5 Å². The molecular weight excluding hydrogens is 341 g/mol. The number of aryl methyl sites for hydroxylation is 1. The largest absolute Gasteiger partial charge is 0.493 e. The van der Waals surface area contributed by atoms with Gasteiger partial charge in [-0.3, -0.25) is 4.79 Å². The number of pyridine rings is 1. The van der Waals surface area contributed by atoms with Crippen LogP contribution in [-0.4, -0.2) is 32.1 Å². The summed E-state index contributed by atoms with van der Waals surface area (Å²) in [7, 11) is 4.43. The molecule has 0 amide bonds. The van der Waals surface area contributed by atoms with Crippen molar-refractivity contribution in [3.63, 3.8) is 0 Å². The first-order valence-electron chi connectivity index (χ1n) is 6.59. The first kappa shape index (κ1) is 17.4. The van der Waals surface area contributed by atoms with E-state index in [9.17, 15) is 4.79 Å². The molecule has 0 aliphatic carbocycles. The van der Waals surface area contributed by atoms with Crippen LogP contribution in [0.2, 0.25) is 10.0 Å². The minimum atomic E-state index is -0.361. The van der Waals surface area contributed by atoms with Crippen molar-refractivity contribution >= 4 is 29.0 Å². The number of hydrogen-bond acceptors (Lipinski definition) is 5. The van der Waals surface area contributed by atoms with Crippen LogP contribution in [0.4, 0.5) is 0 Å². The highest BCUT2D eigenvalue weighted by Gasteiger charge is 2.24. The minimum Gasteiger partial charge on any atom is -0.493 e. The fraction of sp³-hybridized carbons (Fsp3) is 0.250. The van der Waals surface area contributed by atoms with E-state index in [1.165, 1.54) is 27.5 Å². The van der Waals surface area contributed by atoms with E-state index in [2.05, 4.69) is 4.98 Å². The fourth-order valence-electron chi connectivity index (χ4n) is 2.16. The molecule has 2 rings (SSSR count). The molecule has 0 N–H and O–H groups in total. The average molecular weight is 356 g/mol. The zero-order chi connectivity index (χ0) is 17.1. The molecule has 0 saturated heterocycles. The number of halogens is 2. The summed E-state index contributed by atoms with van der Waals surface area (Å²) in [5.74, 6) is 0.717. The lowest BCUT2D eigenvalue weighted by molar-refractivity contribution is 0.103. The number of nitrogens with zero attached hydrogens (tertiary/aromatic N) is 1. The number of carbonyl (C=O) groups is 1. The molecule has 23 heavy (non-hydrogen) atoms. The van der Waals surface area contributed by atoms with Crippen molar-refractivity contribution in [1.29, 1.82) is 0 Å². The quantitative estimate of drug-likeness (QED) is 0.760. The summed E-state index contributed by atoms with van der Waals surface area (Å²) in [6.07, 6.45) is 1.33. The standard InChI is InChI=1S/C16H15Cl2NO4/c1-8-5-11(21-2)12(22-3)6-9(8)15(20)13-14(18)10(17)7-19-16(13)23-4/h5-7H,1-4H3. The Morgan fingerprint density at radius 2 is 1.65 bits per heavy atom. The zero-order valence-corrected chi connectivity index (χ0v) is 14.6. The normalized spacial score (nSPS) is 10.3. The third kappa shape index (κ3) is 3.21. The van der Waals surface area contributed by atoms with Crippen LogP contribution in [0.5, 0.6) is 17.4 Å². The van der Waals surface area contributed by atoms with Crippen molar-refractivity contribution in [2.75, 3.05) is 21.3 Å². The van der Waals surface area contributed by atoms with Crippen LogP contribution in [-0.2, 0) is 0 Å². The molecule has 0 fully saturated rings. The van der Waals surface area contributed by atoms with E-state index in [0.29, 0.717) is 22.6 Å². The highest BCUT2D eigenvalue weighted by atomic mass is 35.5. The fourth-order valence-corrected chi connectivity index (χ4v) is 2.52. The maximum Gasteiger partial charge on any atom is 0.226 e. The summed E-state index contributed by atoms with van der Waals surface area (Å²) in [5.41, 5.74) is 1.20. The monoisotopic (exact) mass is 355 g/mol. The van der Waals surface area contributed by atoms with E-state index in [0.717, 1.165) is 0 Å². The van der Waals surface area contributed by atoms with Gasteiger partial charge in [0.1, 0.15) is 5.56 Å². The van der Waals surface area contributed by atoms with E-state index in [-0.39, 0.29) is 27.3 Å². The Labute approximate surface area is 144 Å². The maximum absolute atomic E-state index is 12.9. The number of rotatable bonds is 5. The third-order valence-electron chi connectivity index (χ3n) is 3.33. The van der Waals surface area contributed by atoms with E-state index in [1.54, 1.807) is 19.1 Å². The SMILES string of the molecule is COc1cc(C)c(C(=O)c2c(OC)ncc(Cl)c2Cl)cc1OC. The molecule has 122 valence electrons. The smallest absolute Gasteiger partial charge is 0.226 e. The van der Waals surface area contributed by atoms with Gasteiger partial charge in [-0.25, -0.2) is 4.98 Å². The number of ketones is 1. The lowest BCUT2D eigenvalue weighted by atomic mass is 9.99. The van der Waals surface area contributed by atoms with Crippen LogP contribution < -0.4 is 14.2 Å². The second kappa shape index (κ2) is 7.06. The lowest BCUT2D eigenvalue weighted by Gasteiger charge is -2.14. The topological polar surface area (TPSA) is 57.7 Å². The number of methoxy groups -OCH3 is 3. The summed E-state index contributed by atoms with van der Waals surface area (Å²) in [6.45, 7) is 1.79. The van der Waals surface area contributed by atoms with Crippen molar-refractivity contribution in [2.45, 2.75) is 6.92 Å². The maximum atomic E-state index is 12.9. The summed E-state index contributed by atoms with van der Waals surface area (Å²) in [4.78, 5) is 16.9. The molecule has 0 unspecified atom stereocenters. The Bertz CT molecular complexity index is 762. The Morgan fingerprint density at radius 1 is 1.04 bits per heavy atom. The van der Waals surface area contributed by atoms with Crippen LogP contribution >= 0.6 is 23.2 Å². The zero-order valence-electron chi connectivity index (χ0n) is 13.1. The molecule has 1 aromatic carbocycles. The second-order valence-corrected chi connectivity index (χ2v) is 5.44. The molecule has 0 bridgehead atoms. The van der Waals surface area contributed by atoms with Crippen molar-refractivity contribution in [1.82, 2.24) is 4.98 Å². The van der Waals surface area contributed by atoms with Gasteiger partial charge in [0, 0.05) is 5.56 Å². The van der Waals surface area contributed by atoms with E-state index < -0.39 is 0 Å². The van der Waals surface area contributed by atoms with Crippen LogP contribution in [0.25, 0.3) is 0 Å². The highest BCUT2D eigenvalue weighted by molar-refractivity contribution is 6.44. The molecule has 0 aliphatic rings. The van der Waals surface area contributed by atoms with Crippen molar-refractivity contribution in [3.05, 3.63) is 45.1 Å².